The highest BCUT2D eigenvalue weighted by Gasteiger charge is 2.31. The van der Waals surface area contributed by atoms with Crippen molar-refractivity contribution in [3.05, 3.63) is 28.8 Å². The van der Waals surface area contributed by atoms with Crippen LogP contribution in [0.15, 0.2) is 23.1 Å². The van der Waals surface area contributed by atoms with Gasteiger partial charge in [-0.2, -0.15) is 0 Å². The van der Waals surface area contributed by atoms with E-state index in [4.69, 9.17) is 21.1 Å². The Balaban J connectivity index is 2.06. The van der Waals surface area contributed by atoms with E-state index in [1.54, 1.807) is 12.1 Å². The van der Waals surface area contributed by atoms with Gasteiger partial charge in [0.1, 0.15) is 0 Å². The van der Waals surface area contributed by atoms with Crippen molar-refractivity contribution in [2.45, 2.75) is 30.4 Å². The maximum atomic E-state index is 12.6. The monoisotopic (exact) mass is 376 g/mol. The summed E-state index contributed by atoms with van der Waals surface area (Å²) in [5, 5.41) is 0.434. The average Bonchev–Trinajstić information content (AvgIpc) is 2.51. The summed E-state index contributed by atoms with van der Waals surface area (Å²) in [5.74, 6) is 0. The third-order valence-corrected chi connectivity index (χ3v) is 5.83. The second-order valence-corrected chi connectivity index (χ2v) is 8.34. The van der Waals surface area contributed by atoms with Crippen LogP contribution in [0, 0.1) is 6.92 Å². The van der Waals surface area contributed by atoms with Gasteiger partial charge in [0.05, 0.1) is 30.3 Å². The molecule has 0 radical (unpaired) electrons. The van der Waals surface area contributed by atoms with Crippen LogP contribution in [0.3, 0.4) is 0 Å². The summed E-state index contributed by atoms with van der Waals surface area (Å²) in [6.07, 6.45) is 0.278. The van der Waals surface area contributed by atoms with E-state index in [-0.39, 0.29) is 17.0 Å². The highest BCUT2D eigenvalue weighted by molar-refractivity contribution is 7.89. The summed E-state index contributed by atoms with van der Waals surface area (Å²) in [6, 6.07) is 4.42. The van der Waals surface area contributed by atoms with Crippen molar-refractivity contribution >= 4 is 21.6 Å². The molecule has 0 saturated carbocycles. The van der Waals surface area contributed by atoms with Crippen molar-refractivity contribution < 1.29 is 17.9 Å². The molecule has 0 amide bonds. The van der Waals surface area contributed by atoms with Gasteiger partial charge in [0, 0.05) is 18.2 Å². The largest absolute Gasteiger partial charge is 0.379 e. The number of nitrogens with one attached hydrogen (secondary N) is 1. The molecule has 0 unspecified atom stereocenters. The molecule has 1 N–H and O–H groups in total. The number of nitrogens with zero attached hydrogens (tertiary/aromatic N) is 1. The van der Waals surface area contributed by atoms with Gasteiger partial charge in [-0.05, 0) is 45.1 Å². The highest BCUT2D eigenvalue weighted by Crippen LogP contribution is 2.21. The van der Waals surface area contributed by atoms with Crippen LogP contribution in [0.1, 0.15) is 12.0 Å². The summed E-state index contributed by atoms with van der Waals surface area (Å²) >= 11 is 6.05. The van der Waals surface area contributed by atoms with E-state index in [9.17, 15) is 8.42 Å². The first kappa shape index (κ1) is 19.6. The Morgan fingerprint density at radius 1 is 1.42 bits per heavy atom. The number of rotatable bonds is 7. The minimum atomic E-state index is -3.65. The lowest BCUT2D eigenvalue weighted by Gasteiger charge is -2.32. The lowest BCUT2D eigenvalue weighted by atomic mass is 10.1. The van der Waals surface area contributed by atoms with E-state index in [1.165, 1.54) is 6.07 Å². The van der Waals surface area contributed by atoms with Crippen molar-refractivity contribution in [2.75, 3.05) is 40.5 Å². The van der Waals surface area contributed by atoms with E-state index in [1.807, 2.05) is 25.9 Å². The second kappa shape index (κ2) is 8.60. The minimum absolute atomic E-state index is 0.164. The number of likely N-dealkylation sites (N-methyl/N-ethyl adjacent to an activating group) is 1. The van der Waals surface area contributed by atoms with Crippen LogP contribution in [0.2, 0.25) is 5.02 Å². The third kappa shape index (κ3) is 5.40. The fourth-order valence-electron chi connectivity index (χ4n) is 2.41. The molecule has 1 aromatic rings. The first-order chi connectivity index (χ1) is 11.3. The Bertz CT molecular complexity index is 651. The van der Waals surface area contributed by atoms with E-state index >= 15 is 0 Å². The summed E-state index contributed by atoms with van der Waals surface area (Å²) in [7, 11) is 0.267. The van der Waals surface area contributed by atoms with E-state index in [0.29, 0.717) is 31.3 Å². The molecule has 8 heteroatoms. The topological polar surface area (TPSA) is 67.9 Å². The van der Waals surface area contributed by atoms with Gasteiger partial charge in [0.25, 0.3) is 0 Å². The minimum Gasteiger partial charge on any atom is -0.379 e. The fraction of sp³-hybridized carbons (Fsp3) is 0.625. The third-order valence-electron chi connectivity index (χ3n) is 3.93. The molecule has 1 aromatic carbocycles. The Morgan fingerprint density at radius 2 is 2.17 bits per heavy atom. The number of aryl methyl sites for hydroxylation is 1. The second-order valence-electron chi connectivity index (χ2n) is 6.21. The highest BCUT2D eigenvalue weighted by atomic mass is 35.5. The maximum Gasteiger partial charge on any atom is 0.240 e. The number of sulfonamides is 1. The lowest BCUT2D eigenvalue weighted by molar-refractivity contribution is -0.0665. The SMILES string of the molecule is Cc1ccc(S(=O)(=O)N[C@@H]2CCOC[C@H]2OCCN(C)C)cc1Cl. The molecule has 0 spiro atoms. The van der Waals surface area contributed by atoms with Crippen LogP contribution in [0.4, 0.5) is 0 Å². The molecule has 6 nitrogen and oxygen atoms in total. The van der Waals surface area contributed by atoms with Gasteiger partial charge in [-0.25, -0.2) is 13.1 Å². The van der Waals surface area contributed by atoms with Gasteiger partial charge in [-0.15, -0.1) is 0 Å². The molecule has 2 atom stereocenters. The van der Waals surface area contributed by atoms with Crippen LogP contribution >= 0.6 is 11.6 Å². The average molecular weight is 377 g/mol. The van der Waals surface area contributed by atoms with Gasteiger partial charge in [-0.3, -0.25) is 0 Å². The Morgan fingerprint density at radius 3 is 2.83 bits per heavy atom. The Kier molecular flexibility index (Phi) is 7.03. The number of halogens is 1. The van der Waals surface area contributed by atoms with Gasteiger partial charge in [-0.1, -0.05) is 17.7 Å². The van der Waals surface area contributed by atoms with Gasteiger partial charge in [0.2, 0.25) is 10.0 Å². The molecular weight excluding hydrogens is 352 g/mol. The smallest absolute Gasteiger partial charge is 0.240 e. The number of benzene rings is 1. The standard InChI is InChI=1S/C16H25ClN2O4S/c1-12-4-5-13(10-14(12)17)24(20,21)18-15-6-8-22-11-16(15)23-9-7-19(2)3/h4-5,10,15-16,18H,6-9,11H2,1-3H3/t15-,16-/m1/s1. The van der Waals surface area contributed by atoms with E-state index < -0.39 is 10.0 Å². The molecule has 136 valence electrons. The molecule has 1 heterocycles. The normalized spacial score (nSPS) is 22.0. The number of hydrogen-bond acceptors (Lipinski definition) is 5. The summed E-state index contributed by atoms with van der Waals surface area (Å²) < 4.78 is 39.2. The molecule has 1 aliphatic heterocycles. The van der Waals surface area contributed by atoms with Crippen molar-refractivity contribution in [1.82, 2.24) is 9.62 Å². The van der Waals surface area contributed by atoms with Crippen molar-refractivity contribution in [2.24, 2.45) is 0 Å². The quantitative estimate of drug-likeness (QED) is 0.783. The lowest BCUT2D eigenvalue weighted by Crippen LogP contribution is -2.50. The molecule has 0 aromatic heterocycles. The summed E-state index contributed by atoms with van der Waals surface area (Å²) in [5.41, 5.74) is 0.839. The predicted octanol–water partition coefficient (Wildman–Crippen LogP) is 1.66. The molecule has 0 bridgehead atoms. The fourth-order valence-corrected chi connectivity index (χ4v) is 3.98. The molecule has 1 fully saturated rings. The van der Waals surface area contributed by atoms with Gasteiger partial charge in [0.15, 0.2) is 0 Å². The number of hydrogen-bond donors (Lipinski definition) is 1. The Hall–Kier alpha value is -0.700. The van der Waals surface area contributed by atoms with Crippen LogP contribution in [0.5, 0.6) is 0 Å². The van der Waals surface area contributed by atoms with Gasteiger partial charge >= 0.3 is 0 Å². The maximum absolute atomic E-state index is 12.6. The zero-order valence-corrected chi connectivity index (χ0v) is 15.9. The van der Waals surface area contributed by atoms with Crippen LogP contribution < -0.4 is 4.72 Å². The first-order valence-corrected chi connectivity index (χ1v) is 9.78. The molecule has 24 heavy (non-hydrogen) atoms. The van der Waals surface area contributed by atoms with Gasteiger partial charge < -0.3 is 14.4 Å². The van der Waals surface area contributed by atoms with E-state index in [0.717, 1.165) is 12.1 Å². The van der Waals surface area contributed by atoms with Crippen molar-refractivity contribution in [1.29, 1.82) is 0 Å². The molecule has 0 aliphatic carbocycles. The van der Waals surface area contributed by atoms with Crippen LogP contribution in [-0.4, -0.2) is 65.9 Å². The Labute approximate surface area is 149 Å². The molecular formula is C16H25ClN2O4S. The van der Waals surface area contributed by atoms with Crippen molar-refractivity contribution in [3.63, 3.8) is 0 Å². The predicted molar refractivity (Wildman–Crippen MR) is 94.0 cm³/mol. The summed E-state index contributed by atoms with van der Waals surface area (Å²) in [4.78, 5) is 2.17. The van der Waals surface area contributed by atoms with Crippen LogP contribution in [-0.2, 0) is 19.5 Å². The molecule has 1 saturated heterocycles. The summed E-state index contributed by atoms with van der Waals surface area (Å²) in [6.45, 7) is 4.02. The zero-order valence-electron chi connectivity index (χ0n) is 14.3. The first-order valence-electron chi connectivity index (χ1n) is 7.92. The zero-order chi connectivity index (χ0) is 17.7. The number of ether oxygens (including phenoxy) is 2. The van der Waals surface area contributed by atoms with Crippen molar-refractivity contribution in [3.8, 4) is 0 Å². The molecule has 2 rings (SSSR count). The van der Waals surface area contributed by atoms with Crippen LogP contribution in [0.25, 0.3) is 0 Å². The molecule has 1 aliphatic rings. The van der Waals surface area contributed by atoms with E-state index in [2.05, 4.69) is 4.72 Å².